The standard InChI is InChI=1S/C22H16N6O3/c1-2-4-16-15(3-1)19-20(31-16)21(27-11-26-19)28-22-24-9-14(10-25-22)23-8-13-5-6-17-18(7-13)30-12-29-17/h1-7,9-11,23H,8,12H2,(H,24,25,26,27,28). The Morgan fingerprint density at radius 2 is 1.77 bits per heavy atom. The summed E-state index contributed by atoms with van der Waals surface area (Å²) in [5, 5.41) is 7.35. The highest BCUT2D eigenvalue weighted by molar-refractivity contribution is 6.05. The van der Waals surface area contributed by atoms with Crippen molar-refractivity contribution in [2.45, 2.75) is 6.54 Å². The SMILES string of the molecule is c1ccc2c(c1)oc1c(Nc3ncc(NCc4ccc5c(c4)OCO5)cn3)ncnc12. The lowest BCUT2D eigenvalue weighted by Crippen LogP contribution is -2.03. The molecule has 1 aliphatic rings. The zero-order chi connectivity index (χ0) is 20.6. The molecule has 9 nitrogen and oxygen atoms in total. The summed E-state index contributed by atoms with van der Waals surface area (Å²) in [6.45, 7) is 0.874. The Morgan fingerprint density at radius 3 is 2.71 bits per heavy atom. The van der Waals surface area contributed by atoms with Gasteiger partial charge in [-0.05, 0) is 29.8 Å². The monoisotopic (exact) mass is 412 g/mol. The number of ether oxygens (including phenoxy) is 2. The average Bonchev–Trinajstić information content (AvgIpc) is 3.43. The maximum atomic E-state index is 5.92. The zero-order valence-corrected chi connectivity index (χ0v) is 16.2. The summed E-state index contributed by atoms with van der Waals surface area (Å²) in [5.74, 6) is 2.46. The summed E-state index contributed by atoms with van der Waals surface area (Å²) in [6.07, 6.45) is 4.91. The maximum absolute atomic E-state index is 5.92. The summed E-state index contributed by atoms with van der Waals surface area (Å²) >= 11 is 0. The summed E-state index contributed by atoms with van der Waals surface area (Å²) in [4.78, 5) is 17.4. The Morgan fingerprint density at radius 1 is 0.903 bits per heavy atom. The molecule has 0 saturated heterocycles. The molecule has 0 spiro atoms. The number of benzene rings is 2. The van der Waals surface area contributed by atoms with Crippen LogP contribution >= 0.6 is 0 Å². The van der Waals surface area contributed by atoms with E-state index < -0.39 is 0 Å². The van der Waals surface area contributed by atoms with E-state index in [-0.39, 0.29) is 6.79 Å². The Labute approximate surface area is 176 Å². The number of nitrogens with zero attached hydrogens (tertiary/aromatic N) is 4. The van der Waals surface area contributed by atoms with Crippen molar-refractivity contribution in [3.63, 3.8) is 0 Å². The van der Waals surface area contributed by atoms with Crippen LogP contribution in [0.25, 0.3) is 22.1 Å². The number of hydrogen-bond acceptors (Lipinski definition) is 9. The Kier molecular flexibility index (Phi) is 4.02. The topological polar surface area (TPSA) is 107 Å². The molecule has 0 bridgehead atoms. The fourth-order valence-electron chi connectivity index (χ4n) is 3.46. The number of para-hydroxylation sites is 1. The molecule has 3 aromatic heterocycles. The smallest absolute Gasteiger partial charge is 0.231 e. The predicted octanol–water partition coefficient (Wildman–Crippen LogP) is 4.25. The quantitative estimate of drug-likeness (QED) is 0.438. The molecular weight excluding hydrogens is 396 g/mol. The minimum Gasteiger partial charge on any atom is -0.454 e. The van der Waals surface area contributed by atoms with Crippen LogP contribution in [0.15, 0.2) is 65.6 Å². The predicted molar refractivity (Wildman–Crippen MR) is 115 cm³/mol. The third-order valence-electron chi connectivity index (χ3n) is 4.97. The molecule has 152 valence electrons. The first kappa shape index (κ1) is 17.5. The first-order valence-corrected chi connectivity index (χ1v) is 9.67. The Balaban J connectivity index is 1.18. The van der Waals surface area contributed by atoms with Crippen molar-refractivity contribution in [3.05, 3.63) is 66.7 Å². The summed E-state index contributed by atoms with van der Waals surface area (Å²) in [7, 11) is 0. The molecule has 1 aliphatic heterocycles. The molecule has 0 fully saturated rings. The summed E-state index contributed by atoms with van der Waals surface area (Å²) < 4.78 is 16.7. The largest absolute Gasteiger partial charge is 0.454 e. The van der Waals surface area contributed by atoms with Crippen LogP contribution < -0.4 is 20.1 Å². The minimum atomic E-state index is 0.265. The van der Waals surface area contributed by atoms with Gasteiger partial charge in [-0.2, -0.15) is 0 Å². The number of aromatic nitrogens is 4. The number of hydrogen-bond donors (Lipinski definition) is 2. The highest BCUT2D eigenvalue weighted by Gasteiger charge is 2.14. The van der Waals surface area contributed by atoms with Gasteiger partial charge in [-0.25, -0.2) is 19.9 Å². The molecule has 2 aromatic carbocycles. The fourth-order valence-corrected chi connectivity index (χ4v) is 3.46. The third kappa shape index (κ3) is 3.21. The van der Waals surface area contributed by atoms with Crippen molar-refractivity contribution < 1.29 is 13.9 Å². The number of nitrogens with one attached hydrogen (secondary N) is 2. The van der Waals surface area contributed by atoms with Crippen LogP contribution in [0.5, 0.6) is 11.5 Å². The molecule has 0 radical (unpaired) electrons. The van der Waals surface area contributed by atoms with Crippen LogP contribution in [0.4, 0.5) is 17.5 Å². The van der Waals surface area contributed by atoms with E-state index in [4.69, 9.17) is 13.9 Å². The van der Waals surface area contributed by atoms with Crippen LogP contribution in [-0.4, -0.2) is 26.7 Å². The van der Waals surface area contributed by atoms with Crippen molar-refractivity contribution in [2.75, 3.05) is 17.4 Å². The molecule has 4 heterocycles. The van der Waals surface area contributed by atoms with E-state index in [0.717, 1.165) is 39.2 Å². The molecular formula is C22H16N6O3. The molecule has 9 heteroatoms. The van der Waals surface area contributed by atoms with Crippen LogP contribution in [0.2, 0.25) is 0 Å². The van der Waals surface area contributed by atoms with Gasteiger partial charge < -0.3 is 24.5 Å². The highest BCUT2D eigenvalue weighted by Crippen LogP contribution is 2.33. The van der Waals surface area contributed by atoms with Crippen LogP contribution in [0.3, 0.4) is 0 Å². The van der Waals surface area contributed by atoms with E-state index in [1.165, 1.54) is 6.33 Å². The first-order valence-electron chi connectivity index (χ1n) is 9.67. The molecule has 31 heavy (non-hydrogen) atoms. The normalized spacial score (nSPS) is 12.4. The van der Waals surface area contributed by atoms with Crippen molar-refractivity contribution in [1.29, 1.82) is 0 Å². The zero-order valence-electron chi connectivity index (χ0n) is 16.2. The molecule has 0 amide bonds. The number of rotatable bonds is 5. The molecule has 0 unspecified atom stereocenters. The van der Waals surface area contributed by atoms with E-state index >= 15 is 0 Å². The van der Waals surface area contributed by atoms with Gasteiger partial charge >= 0.3 is 0 Å². The van der Waals surface area contributed by atoms with E-state index in [1.54, 1.807) is 12.4 Å². The average molecular weight is 412 g/mol. The summed E-state index contributed by atoms with van der Waals surface area (Å²) in [5.41, 5.74) is 3.93. The van der Waals surface area contributed by atoms with Gasteiger partial charge in [0.2, 0.25) is 12.7 Å². The Hall–Kier alpha value is -4.40. The van der Waals surface area contributed by atoms with Gasteiger partial charge in [0, 0.05) is 11.9 Å². The molecule has 2 N–H and O–H groups in total. The second kappa shape index (κ2) is 7.13. The van der Waals surface area contributed by atoms with E-state index in [9.17, 15) is 0 Å². The van der Waals surface area contributed by atoms with Gasteiger partial charge in [0.15, 0.2) is 22.9 Å². The van der Waals surface area contributed by atoms with Gasteiger partial charge in [0.1, 0.15) is 17.4 Å². The van der Waals surface area contributed by atoms with E-state index in [2.05, 4.69) is 30.6 Å². The van der Waals surface area contributed by atoms with Gasteiger partial charge in [0.05, 0.1) is 18.1 Å². The highest BCUT2D eigenvalue weighted by atomic mass is 16.7. The lowest BCUT2D eigenvalue weighted by molar-refractivity contribution is 0.174. The lowest BCUT2D eigenvalue weighted by atomic mass is 10.2. The van der Waals surface area contributed by atoms with Gasteiger partial charge in [0.25, 0.3) is 0 Å². The van der Waals surface area contributed by atoms with Gasteiger partial charge in [-0.15, -0.1) is 0 Å². The molecule has 6 rings (SSSR count). The second-order valence-corrected chi connectivity index (χ2v) is 6.96. The number of anilines is 3. The summed E-state index contributed by atoms with van der Waals surface area (Å²) in [6, 6.07) is 13.6. The van der Waals surface area contributed by atoms with Crippen LogP contribution in [-0.2, 0) is 6.54 Å². The second-order valence-electron chi connectivity index (χ2n) is 6.96. The third-order valence-corrected chi connectivity index (χ3v) is 4.97. The van der Waals surface area contributed by atoms with Crippen molar-refractivity contribution in [1.82, 2.24) is 19.9 Å². The van der Waals surface area contributed by atoms with Crippen LogP contribution in [0.1, 0.15) is 5.56 Å². The first-order chi connectivity index (χ1) is 15.3. The Bertz CT molecular complexity index is 1400. The molecule has 5 aromatic rings. The maximum Gasteiger partial charge on any atom is 0.231 e. The number of furan rings is 1. The van der Waals surface area contributed by atoms with Crippen molar-refractivity contribution in [3.8, 4) is 11.5 Å². The van der Waals surface area contributed by atoms with Gasteiger partial charge in [-0.1, -0.05) is 18.2 Å². The van der Waals surface area contributed by atoms with Crippen LogP contribution in [0, 0.1) is 0 Å². The molecule has 0 atom stereocenters. The van der Waals surface area contributed by atoms with E-state index in [0.29, 0.717) is 23.9 Å². The lowest BCUT2D eigenvalue weighted by Gasteiger charge is -2.08. The number of fused-ring (bicyclic) bond motifs is 4. The van der Waals surface area contributed by atoms with Crippen molar-refractivity contribution in [2.24, 2.45) is 0 Å². The van der Waals surface area contributed by atoms with E-state index in [1.807, 2.05) is 42.5 Å². The van der Waals surface area contributed by atoms with Gasteiger partial charge in [-0.3, -0.25) is 0 Å². The molecule has 0 saturated carbocycles. The molecule has 0 aliphatic carbocycles. The minimum absolute atomic E-state index is 0.265. The van der Waals surface area contributed by atoms with Crippen molar-refractivity contribution >= 4 is 39.5 Å². The fraction of sp³-hybridized carbons (Fsp3) is 0.0909.